The molecule has 1 fully saturated rings. The Hall–Kier alpha value is -2.21. The second-order valence-electron chi connectivity index (χ2n) is 7.98. The fourth-order valence-electron chi connectivity index (χ4n) is 3.93. The smallest absolute Gasteiger partial charge is 0.222 e. The Morgan fingerprint density at radius 1 is 1.32 bits per heavy atom. The standard InChI is InChI=1S/C22H31FN4O/c1-16(17-8-10-24-11-9-17)13-22(28)27(2)12-4-7-20-15-21(26-25-20)18-5-3-6-19(23)14-18/h3,5-6,14-17,24H,4,7-13H2,1-2H3,(H,25,26). The molecule has 1 aromatic heterocycles. The van der Waals surface area contributed by atoms with Crippen molar-refractivity contribution in [2.75, 3.05) is 26.7 Å². The molecule has 1 atom stereocenters. The fourth-order valence-corrected chi connectivity index (χ4v) is 3.93. The van der Waals surface area contributed by atoms with Crippen LogP contribution in [0.15, 0.2) is 30.3 Å². The minimum absolute atomic E-state index is 0.232. The molecule has 2 N–H and O–H groups in total. The molecule has 6 heteroatoms. The lowest BCUT2D eigenvalue weighted by atomic mass is 9.84. The number of rotatable bonds is 8. The van der Waals surface area contributed by atoms with Gasteiger partial charge in [-0.15, -0.1) is 0 Å². The van der Waals surface area contributed by atoms with Crippen molar-refractivity contribution >= 4 is 5.91 Å². The number of nitrogens with zero attached hydrogens (tertiary/aromatic N) is 2. The van der Waals surface area contributed by atoms with Gasteiger partial charge in [0.05, 0.1) is 5.69 Å². The first kappa shape index (κ1) is 20.5. The van der Waals surface area contributed by atoms with Gasteiger partial charge in [0.25, 0.3) is 0 Å². The Bertz CT molecular complexity index is 769. The van der Waals surface area contributed by atoms with Gasteiger partial charge in [0, 0.05) is 31.3 Å². The van der Waals surface area contributed by atoms with E-state index in [2.05, 4.69) is 22.4 Å². The van der Waals surface area contributed by atoms with Crippen LogP contribution in [0.5, 0.6) is 0 Å². The Balaban J connectivity index is 1.42. The summed E-state index contributed by atoms with van der Waals surface area (Å²) in [6.45, 7) is 5.08. The third-order valence-corrected chi connectivity index (χ3v) is 5.80. The highest BCUT2D eigenvalue weighted by molar-refractivity contribution is 5.76. The van der Waals surface area contributed by atoms with Crippen LogP contribution < -0.4 is 5.32 Å². The van der Waals surface area contributed by atoms with Gasteiger partial charge in [-0.3, -0.25) is 9.89 Å². The lowest BCUT2D eigenvalue weighted by Gasteiger charge is -2.29. The molecule has 0 saturated carbocycles. The van der Waals surface area contributed by atoms with Crippen LogP contribution in [0.25, 0.3) is 11.3 Å². The summed E-state index contributed by atoms with van der Waals surface area (Å²) in [6, 6.07) is 8.39. The fraction of sp³-hybridized carbons (Fsp3) is 0.545. The number of carbonyl (C=O) groups is 1. The molecule has 0 radical (unpaired) electrons. The van der Waals surface area contributed by atoms with E-state index in [1.54, 1.807) is 6.07 Å². The molecule has 5 nitrogen and oxygen atoms in total. The molecule has 0 bridgehead atoms. The highest BCUT2D eigenvalue weighted by Gasteiger charge is 2.23. The summed E-state index contributed by atoms with van der Waals surface area (Å²) in [5, 5.41) is 10.7. The molecule has 3 rings (SSSR count). The van der Waals surface area contributed by atoms with Crippen molar-refractivity contribution in [3.63, 3.8) is 0 Å². The molecule has 1 aromatic carbocycles. The Morgan fingerprint density at radius 3 is 2.86 bits per heavy atom. The summed E-state index contributed by atoms with van der Waals surface area (Å²) in [6.07, 6.45) is 4.66. The van der Waals surface area contributed by atoms with Gasteiger partial charge in [0.1, 0.15) is 5.82 Å². The summed E-state index contributed by atoms with van der Waals surface area (Å²) in [4.78, 5) is 14.4. The third kappa shape index (κ3) is 5.64. The Kier molecular flexibility index (Phi) is 7.20. The predicted molar refractivity (Wildman–Crippen MR) is 109 cm³/mol. The molecule has 1 saturated heterocycles. The van der Waals surface area contributed by atoms with Crippen LogP contribution in [-0.4, -0.2) is 47.7 Å². The molecular formula is C22H31FN4O. The Morgan fingerprint density at radius 2 is 2.11 bits per heavy atom. The van der Waals surface area contributed by atoms with E-state index in [0.29, 0.717) is 18.3 Å². The number of hydrogen-bond donors (Lipinski definition) is 2. The zero-order valence-corrected chi connectivity index (χ0v) is 16.9. The molecule has 1 aliphatic heterocycles. The summed E-state index contributed by atoms with van der Waals surface area (Å²) >= 11 is 0. The van der Waals surface area contributed by atoms with Crippen LogP contribution in [-0.2, 0) is 11.2 Å². The van der Waals surface area contributed by atoms with Gasteiger partial charge in [-0.1, -0.05) is 19.1 Å². The number of halogens is 1. The van der Waals surface area contributed by atoms with Gasteiger partial charge < -0.3 is 10.2 Å². The van der Waals surface area contributed by atoms with Crippen LogP contribution >= 0.6 is 0 Å². The van der Waals surface area contributed by atoms with Gasteiger partial charge in [0.15, 0.2) is 0 Å². The summed E-state index contributed by atoms with van der Waals surface area (Å²) in [7, 11) is 1.89. The summed E-state index contributed by atoms with van der Waals surface area (Å²) < 4.78 is 13.4. The lowest BCUT2D eigenvalue weighted by Crippen LogP contribution is -2.34. The van der Waals surface area contributed by atoms with Gasteiger partial charge in [-0.2, -0.15) is 5.10 Å². The van der Waals surface area contributed by atoms with Gasteiger partial charge in [-0.05, 0) is 68.8 Å². The largest absolute Gasteiger partial charge is 0.346 e. The number of benzene rings is 1. The van der Waals surface area contributed by atoms with Crippen molar-refractivity contribution in [1.82, 2.24) is 20.4 Å². The lowest BCUT2D eigenvalue weighted by molar-refractivity contribution is -0.131. The third-order valence-electron chi connectivity index (χ3n) is 5.80. The van der Waals surface area contributed by atoms with Crippen LogP contribution in [0.3, 0.4) is 0 Å². The van der Waals surface area contributed by atoms with Crippen molar-refractivity contribution in [2.24, 2.45) is 11.8 Å². The second-order valence-corrected chi connectivity index (χ2v) is 7.98. The quantitative estimate of drug-likeness (QED) is 0.728. The summed E-state index contributed by atoms with van der Waals surface area (Å²) in [5.74, 6) is 1.07. The number of aromatic amines is 1. The zero-order valence-electron chi connectivity index (χ0n) is 16.9. The first-order chi connectivity index (χ1) is 13.5. The van der Waals surface area contributed by atoms with E-state index in [1.165, 1.54) is 25.0 Å². The van der Waals surface area contributed by atoms with Gasteiger partial charge >= 0.3 is 0 Å². The Labute approximate surface area is 166 Å². The number of aryl methyl sites for hydroxylation is 1. The maximum absolute atomic E-state index is 13.4. The molecule has 0 spiro atoms. The predicted octanol–water partition coefficient (Wildman–Crippen LogP) is 3.63. The SMILES string of the molecule is CC(CC(=O)N(C)CCCc1cc(-c2cccc(F)c2)n[nH]1)C1CCNCC1. The van der Waals surface area contributed by atoms with E-state index in [0.717, 1.165) is 49.4 Å². The number of carbonyl (C=O) groups excluding carboxylic acids is 1. The average molecular weight is 387 g/mol. The molecular weight excluding hydrogens is 355 g/mol. The highest BCUT2D eigenvalue weighted by Crippen LogP contribution is 2.25. The minimum Gasteiger partial charge on any atom is -0.346 e. The monoisotopic (exact) mass is 386 g/mol. The number of piperidine rings is 1. The summed E-state index contributed by atoms with van der Waals surface area (Å²) in [5.41, 5.74) is 2.51. The number of amides is 1. The highest BCUT2D eigenvalue weighted by atomic mass is 19.1. The van der Waals surface area contributed by atoms with Gasteiger partial charge in [0.2, 0.25) is 5.91 Å². The van der Waals surface area contributed by atoms with Crippen molar-refractivity contribution < 1.29 is 9.18 Å². The molecule has 2 heterocycles. The van der Waals surface area contributed by atoms with E-state index in [1.807, 2.05) is 24.1 Å². The van der Waals surface area contributed by atoms with E-state index in [-0.39, 0.29) is 11.7 Å². The van der Waals surface area contributed by atoms with Crippen molar-refractivity contribution in [3.8, 4) is 11.3 Å². The minimum atomic E-state index is -0.263. The van der Waals surface area contributed by atoms with E-state index >= 15 is 0 Å². The van der Waals surface area contributed by atoms with E-state index in [4.69, 9.17) is 0 Å². The normalized spacial score (nSPS) is 16.1. The average Bonchev–Trinajstić information content (AvgIpc) is 3.17. The van der Waals surface area contributed by atoms with Crippen LogP contribution in [0.1, 0.15) is 38.3 Å². The molecule has 2 aromatic rings. The molecule has 28 heavy (non-hydrogen) atoms. The van der Waals surface area contributed by atoms with Crippen LogP contribution in [0.2, 0.25) is 0 Å². The maximum Gasteiger partial charge on any atom is 0.222 e. The van der Waals surface area contributed by atoms with E-state index < -0.39 is 0 Å². The number of nitrogens with one attached hydrogen (secondary N) is 2. The number of H-pyrrole nitrogens is 1. The van der Waals surface area contributed by atoms with Crippen LogP contribution in [0, 0.1) is 17.7 Å². The van der Waals surface area contributed by atoms with Crippen molar-refractivity contribution in [1.29, 1.82) is 0 Å². The second kappa shape index (κ2) is 9.82. The van der Waals surface area contributed by atoms with Crippen molar-refractivity contribution in [2.45, 2.75) is 39.0 Å². The molecule has 1 unspecified atom stereocenters. The first-order valence-corrected chi connectivity index (χ1v) is 10.3. The maximum atomic E-state index is 13.4. The number of hydrogen-bond acceptors (Lipinski definition) is 3. The van der Waals surface area contributed by atoms with Gasteiger partial charge in [-0.25, -0.2) is 4.39 Å². The van der Waals surface area contributed by atoms with E-state index in [9.17, 15) is 9.18 Å². The first-order valence-electron chi connectivity index (χ1n) is 10.3. The van der Waals surface area contributed by atoms with Crippen molar-refractivity contribution in [3.05, 3.63) is 41.8 Å². The molecule has 1 aliphatic rings. The molecule has 152 valence electrons. The molecule has 1 amide bonds. The van der Waals surface area contributed by atoms with Crippen LogP contribution in [0.4, 0.5) is 4.39 Å². The zero-order chi connectivity index (χ0) is 19.9. The topological polar surface area (TPSA) is 61.0 Å². The molecule has 0 aliphatic carbocycles. The number of aromatic nitrogens is 2.